The number of anilines is 1. The van der Waals surface area contributed by atoms with Crippen LogP contribution in [0.5, 0.6) is 5.75 Å². The maximum atomic E-state index is 14.7. The highest BCUT2D eigenvalue weighted by Gasteiger charge is 2.26. The van der Waals surface area contributed by atoms with E-state index in [0.29, 0.717) is 51.4 Å². The zero-order chi connectivity index (χ0) is 26.4. The van der Waals surface area contributed by atoms with Gasteiger partial charge in [-0.3, -0.25) is 14.4 Å². The highest BCUT2D eigenvalue weighted by Crippen LogP contribution is 2.36. The summed E-state index contributed by atoms with van der Waals surface area (Å²) in [4.78, 5) is 43.6. The molecule has 37 heavy (non-hydrogen) atoms. The lowest BCUT2D eigenvalue weighted by atomic mass is 10.0. The molecule has 4 rings (SSSR count). The van der Waals surface area contributed by atoms with Crippen LogP contribution >= 0.6 is 11.3 Å². The van der Waals surface area contributed by atoms with Crippen molar-refractivity contribution in [3.63, 3.8) is 0 Å². The van der Waals surface area contributed by atoms with Crippen LogP contribution in [0.3, 0.4) is 0 Å². The number of aromatic nitrogens is 1. The van der Waals surface area contributed by atoms with E-state index < -0.39 is 35.9 Å². The Bertz CT molecular complexity index is 1140. The molecule has 0 spiro atoms. The second kappa shape index (κ2) is 12.3. The van der Waals surface area contributed by atoms with E-state index in [2.05, 4.69) is 10.3 Å². The highest BCUT2D eigenvalue weighted by molar-refractivity contribution is 7.14. The predicted molar refractivity (Wildman–Crippen MR) is 131 cm³/mol. The average molecular weight is 539 g/mol. The Balaban J connectivity index is 1.38. The number of nitrogens with zero attached hydrogens (tertiary/aromatic N) is 3. The first kappa shape index (κ1) is 26.7. The fourth-order valence-electron chi connectivity index (χ4n) is 4.26. The van der Waals surface area contributed by atoms with Crippen LogP contribution in [0.1, 0.15) is 25.7 Å². The van der Waals surface area contributed by atoms with Gasteiger partial charge in [-0.05, 0) is 25.0 Å². The van der Waals surface area contributed by atoms with Crippen LogP contribution in [0.4, 0.5) is 13.9 Å². The maximum Gasteiger partial charge on any atom is 0.303 e. The van der Waals surface area contributed by atoms with Gasteiger partial charge in [-0.15, -0.1) is 11.3 Å². The standard InChI is InChI=1S/C24H28F2N4O6S/c25-17-4-3-16(18-14-37-24(28-18)29-8-10-35-11-9-29)23(22(17)26)36-13-19(31)27-15-2-1-7-30(12-15)20(32)5-6-21(33)34/h3-4,14-15H,1-2,5-13H2,(H,27,31)(H,33,34). The zero-order valence-corrected chi connectivity index (χ0v) is 20.9. The molecule has 1 aromatic carbocycles. The summed E-state index contributed by atoms with van der Waals surface area (Å²) in [6.07, 6.45) is 0.902. The topological polar surface area (TPSA) is 121 Å². The number of carboxylic acid groups (broad SMARTS) is 1. The number of piperidine rings is 1. The molecule has 1 unspecified atom stereocenters. The number of aliphatic carboxylic acids is 1. The second-order valence-corrected chi connectivity index (χ2v) is 9.62. The summed E-state index contributed by atoms with van der Waals surface area (Å²) in [5.41, 5.74) is 0.638. The summed E-state index contributed by atoms with van der Waals surface area (Å²) in [6, 6.07) is 2.00. The summed E-state index contributed by atoms with van der Waals surface area (Å²) in [6.45, 7) is 2.69. The van der Waals surface area contributed by atoms with Crippen LogP contribution in [0, 0.1) is 11.6 Å². The molecular weight excluding hydrogens is 510 g/mol. The van der Waals surface area contributed by atoms with Crippen molar-refractivity contribution >= 4 is 34.3 Å². The molecule has 2 aliphatic heterocycles. The number of thiazole rings is 1. The van der Waals surface area contributed by atoms with Gasteiger partial charge in [-0.2, -0.15) is 4.39 Å². The Morgan fingerprint density at radius 2 is 1.97 bits per heavy atom. The molecule has 0 aliphatic carbocycles. The molecule has 10 nitrogen and oxygen atoms in total. The van der Waals surface area contributed by atoms with Crippen LogP contribution in [0.25, 0.3) is 11.3 Å². The number of carbonyl (C=O) groups excluding carboxylic acids is 2. The van der Waals surface area contributed by atoms with Gasteiger partial charge in [0.25, 0.3) is 5.91 Å². The van der Waals surface area contributed by atoms with Gasteiger partial charge in [0.1, 0.15) is 0 Å². The van der Waals surface area contributed by atoms with E-state index in [1.807, 2.05) is 4.90 Å². The molecule has 0 radical (unpaired) electrons. The van der Waals surface area contributed by atoms with E-state index >= 15 is 0 Å². The summed E-state index contributed by atoms with van der Waals surface area (Å²) in [5, 5.41) is 14.0. The van der Waals surface area contributed by atoms with Crippen molar-refractivity contribution in [3.8, 4) is 17.0 Å². The zero-order valence-electron chi connectivity index (χ0n) is 20.1. The number of hydrogen-bond donors (Lipinski definition) is 2. The molecule has 2 N–H and O–H groups in total. The number of likely N-dealkylation sites (tertiary alicyclic amines) is 1. The third kappa shape index (κ3) is 6.92. The van der Waals surface area contributed by atoms with Crippen LogP contribution in [0.15, 0.2) is 17.5 Å². The number of hydrogen-bond acceptors (Lipinski definition) is 8. The van der Waals surface area contributed by atoms with Crippen LogP contribution in [0.2, 0.25) is 0 Å². The first-order chi connectivity index (χ1) is 17.8. The van der Waals surface area contributed by atoms with E-state index in [-0.39, 0.29) is 36.9 Å². The second-order valence-electron chi connectivity index (χ2n) is 8.78. The molecule has 2 aliphatic rings. The summed E-state index contributed by atoms with van der Waals surface area (Å²) < 4.78 is 39.6. The van der Waals surface area contributed by atoms with Crippen molar-refractivity contribution in [2.45, 2.75) is 31.7 Å². The van der Waals surface area contributed by atoms with Gasteiger partial charge in [0, 0.05) is 49.6 Å². The van der Waals surface area contributed by atoms with E-state index in [1.54, 1.807) is 5.38 Å². The van der Waals surface area contributed by atoms with E-state index in [9.17, 15) is 23.2 Å². The molecule has 2 amide bonds. The molecule has 2 aromatic rings. The third-order valence-corrected chi connectivity index (χ3v) is 7.04. The molecule has 1 aromatic heterocycles. The van der Waals surface area contributed by atoms with E-state index in [1.165, 1.54) is 22.3 Å². The predicted octanol–water partition coefficient (Wildman–Crippen LogP) is 2.28. The smallest absolute Gasteiger partial charge is 0.303 e. The Morgan fingerprint density at radius 3 is 2.73 bits per heavy atom. The van der Waals surface area contributed by atoms with Crippen LogP contribution < -0.4 is 15.0 Å². The van der Waals surface area contributed by atoms with Gasteiger partial charge < -0.3 is 29.7 Å². The number of morpholine rings is 1. The number of nitrogens with one attached hydrogen (secondary N) is 1. The third-order valence-electron chi connectivity index (χ3n) is 6.14. The van der Waals surface area contributed by atoms with Gasteiger partial charge in [0.15, 0.2) is 23.3 Å². The number of rotatable bonds is 9. The lowest BCUT2D eigenvalue weighted by molar-refractivity contribution is -0.141. The molecule has 200 valence electrons. The van der Waals surface area contributed by atoms with Crippen LogP contribution in [-0.4, -0.2) is 84.8 Å². The number of ether oxygens (including phenoxy) is 2. The van der Waals surface area contributed by atoms with E-state index in [0.717, 1.165) is 11.2 Å². The number of amides is 2. The number of benzene rings is 1. The number of carboxylic acids is 1. The fourth-order valence-corrected chi connectivity index (χ4v) is 5.14. The Kier molecular flexibility index (Phi) is 8.87. The molecule has 2 saturated heterocycles. The normalized spacial score (nSPS) is 17.9. The molecule has 3 heterocycles. The number of carbonyl (C=O) groups is 3. The number of halogens is 2. The SMILES string of the molecule is O=C(O)CCC(=O)N1CCCC(NC(=O)COc2c(-c3csc(N4CCOCC4)n3)ccc(F)c2F)C1. The quantitative estimate of drug-likeness (QED) is 0.499. The molecule has 0 saturated carbocycles. The molecule has 13 heteroatoms. The largest absolute Gasteiger partial charge is 0.481 e. The summed E-state index contributed by atoms with van der Waals surface area (Å²) in [7, 11) is 0. The highest BCUT2D eigenvalue weighted by atomic mass is 32.1. The lowest BCUT2D eigenvalue weighted by Gasteiger charge is -2.33. The maximum absolute atomic E-state index is 14.7. The summed E-state index contributed by atoms with van der Waals surface area (Å²) in [5.74, 6) is -4.60. The van der Waals surface area contributed by atoms with Crippen molar-refractivity contribution in [1.82, 2.24) is 15.2 Å². The van der Waals surface area contributed by atoms with Crippen molar-refractivity contribution < 1.29 is 37.7 Å². The van der Waals surface area contributed by atoms with Gasteiger partial charge in [-0.1, -0.05) is 0 Å². The van der Waals surface area contributed by atoms with Crippen molar-refractivity contribution in [2.75, 3.05) is 50.9 Å². The monoisotopic (exact) mass is 538 g/mol. The Hall–Kier alpha value is -3.32. The average Bonchev–Trinajstić information content (AvgIpc) is 3.39. The van der Waals surface area contributed by atoms with Gasteiger partial charge >= 0.3 is 5.97 Å². The van der Waals surface area contributed by atoms with Gasteiger partial charge in [0.2, 0.25) is 11.7 Å². The van der Waals surface area contributed by atoms with Gasteiger partial charge in [-0.25, -0.2) is 9.37 Å². The first-order valence-electron chi connectivity index (χ1n) is 12.0. The van der Waals surface area contributed by atoms with Crippen molar-refractivity contribution in [3.05, 3.63) is 29.1 Å². The molecule has 2 fully saturated rings. The lowest BCUT2D eigenvalue weighted by Crippen LogP contribution is -2.50. The van der Waals surface area contributed by atoms with Crippen molar-refractivity contribution in [1.29, 1.82) is 0 Å². The Labute approximate surface area is 216 Å². The summed E-state index contributed by atoms with van der Waals surface area (Å²) >= 11 is 1.37. The minimum absolute atomic E-state index is 0.107. The van der Waals surface area contributed by atoms with Gasteiger partial charge in [0.05, 0.1) is 25.3 Å². The first-order valence-corrected chi connectivity index (χ1v) is 12.9. The molecular formula is C24H28F2N4O6S. The molecule has 0 bridgehead atoms. The Morgan fingerprint density at radius 1 is 1.19 bits per heavy atom. The minimum Gasteiger partial charge on any atom is -0.481 e. The minimum atomic E-state index is -1.21. The van der Waals surface area contributed by atoms with Crippen molar-refractivity contribution in [2.24, 2.45) is 0 Å². The molecule has 1 atom stereocenters. The van der Waals surface area contributed by atoms with Crippen LogP contribution in [-0.2, 0) is 19.1 Å². The van der Waals surface area contributed by atoms with E-state index in [4.69, 9.17) is 14.6 Å². The fraction of sp³-hybridized carbons (Fsp3) is 0.500.